The second-order valence-electron chi connectivity index (χ2n) is 6.21. The number of amides is 1. The largest absolute Gasteiger partial charge is 0.495 e. The highest BCUT2D eigenvalue weighted by molar-refractivity contribution is 6.31. The molecule has 1 heterocycles. The number of aliphatic carboxylic acids is 1. The van der Waals surface area contributed by atoms with Crippen LogP contribution in [0.1, 0.15) is 12.8 Å². The SMILES string of the molecule is COc1ccc(Cl)cc1NC(=O)CN1CCC(N(C)CC(=O)O)CC1. The molecular weight excluding hydrogens is 346 g/mol. The highest BCUT2D eigenvalue weighted by Gasteiger charge is 2.24. The number of hydrogen-bond donors (Lipinski definition) is 2. The monoisotopic (exact) mass is 369 g/mol. The van der Waals surface area contributed by atoms with Crippen molar-refractivity contribution in [1.29, 1.82) is 0 Å². The van der Waals surface area contributed by atoms with Crippen LogP contribution in [0.4, 0.5) is 5.69 Å². The molecule has 2 rings (SSSR count). The van der Waals surface area contributed by atoms with Crippen LogP contribution in [-0.4, -0.2) is 73.2 Å². The first-order chi connectivity index (χ1) is 11.9. The molecule has 0 radical (unpaired) electrons. The maximum Gasteiger partial charge on any atom is 0.317 e. The molecule has 0 saturated carbocycles. The Labute approximate surface area is 152 Å². The van der Waals surface area contributed by atoms with E-state index in [2.05, 4.69) is 10.2 Å². The van der Waals surface area contributed by atoms with Gasteiger partial charge in [0.05, 0.1) is 25.9 Å². The first kappa shape index (κ1) is 19.5. The number of nitrogens with zero attached hydrogens (tertiary/aromatic N) is 2. The second-order valence-corrected chi connectivity index (χ2v) is 6.65. The minimum Gasteiger partial charge on any atom is -0.495 e. The summed E-state index contributed by atoms with van der Waals surface area (Å²) in [5.41, 5.74) is 0.552. The lowest BCUT2D eigenvalue weighted by Gasteiger charge is -2.35. The van der Waals surface area contributed by atoms with Crippen LogP contribution in [-0.2, 0) is 9.59 Å². The van der Waals surface area contributed by atoms with Crippen molar-refractivity contribution in [2.75, 3.05) is 45.7 Å². The van der Waals surface area contributed by atoms with E-state index in [-0.39, 0.29) is 25.0 Å². The molecule has 1 fully saturated rings. The van der Waals surface area contributed by atoms with Crippen molar-refractivity contribution >= 4 is 29.2 Å². The molecule has 138 valence electrons. The van der Waals surface area contributed by atoms with E-state index in [0.717, 1.165) is 25.9 Å². The first-order valence-corrected chi connectivity index (χ1v) is 8.54. The number of carboxylic acids is 1. The van der Waals surface area contributed by atoms with E-state index < -0.39 is 5.97 Å². The number of carbonyl (C=O) groups is 2. The summed E-state index contributed by atoms with van der Waals surface area (Å²) in [5, 5.41) is 12.2. The molecule has 1 aromatic carbocycles. The zero-order chi connectivity index (χ0) is 18.4. The van der Waals surface area contributed by atoms with Gasteiger partial charge in [-0.05, 0) is 38.1 Å². The van der Waals surface area contributed by atoms with Gasteiger partial charge in [-0.25, -0.2) is 0 Å². The average molecular weight is 370 g/mol. The number of likely N-dealkylation sites (N-methyl/N-ethyl adjacent to an activating group) is 1. The summed E-state index contributed by atoms with van der Waals surface area (Å²) in [4.78, 5) is 27.0. The molecule has 1 aliphatic heterocycles. The van der Waals surface area contributed by atoms with Crippen LogP contribution in [0, 0.1) is 0 Å². The Bertz CT molecular complexity index is 618. The summed E-state index contributed by atoms with van der Waals surface area (Å²) in [5.74, 6) is -0.385. The summed E-state index contributed by atoms with van der Waals surface area (Å²) in [6, 6.07) is 5.31. The van der Waals surface area contributed by atoms with Crippen LogP contribution in [0.2, 0.25) is 5.02 Å². The number of carboxylic acid groups (broad SMARTS) is 1. The van der Waals surface area contributed by atoms with Gasteiger partial charge in [0.2, 0.25) is 5.91 Å². The summed E-state index contributed by atoms with van der Waals surface area (Å²) in [7, 11) is 3.36. The Morgan fingerprint density at radius 2 is 2.08 bits per heavy atom. The number of hydrogen-bond acceptors (Lipinski definition) is 5. The molecule has 1 aromatic rings. The highest BCUT2D eigenvalue weighted by atomic mass is 35.5. The average Bonchev–Trinajstić information content (AvgIpc) is 2.55. The fourth-order valence-electron chi connectivity index (χ4n) is 3.03. The molecule has 25 heavy (non-hydrogen) atoms. The Balaban J connectivity index is 1.83. The van der Waals surface area contributed by atoms with Gasteiger partial charge in [-0.1, -0.05) is 11.6 Å². The van der Waals surface area contributed by atoms with Crippen molar-refractivity contribution in [2.24, 2.45) is 0 Å². The Morgan fingerprint density at radius 3 is 2.68 bits per heavy atom. The normalized spacial score (nSPS) is 16.0. The third-order valence-corrected chi connectivity index (χ3v) is 4.60. The van der Waals surface area contributed by atoms with Gasteiger partial charge in [-0.15, -0.1) is 0 Å². The van der Waals surface area contributed by atoms with Gasteiger partial charge in [0.25, 0.3) is 0 Å². The molecule has 0 spiro atoms. The molecular formula is C17H24ClN3O4. The summed E-state index contributed by atoms with van der Waals surface area (Å²) >= 11 is 5.97. The van der Waals surface area contributed by atoms with Crippen molar-refractivity contribution in [3.8, 4) is 5.75 Å². The fourth-order valence-corrected chi connectivity index (χ4v) is 3.20. The molecule has 1 saturated heterocycles. The number of likely N-dealkylation sites (tertiary alicyclic amines) is 1. The zero-order valence-corrected chi connectivity index (χ0v) is 15.3. The van der Waals surface area contributed by atoms with Gasteiger partial charge in [0.15, 0.2) is 0 Å². The number of benzene rings is 1. The van der Waals surface area contributed by atoms with E-state index in [1.54, 1.807) is 18.2 Å². The zero-order valence-electron chi connectivity index (χ0n) is 14.5. The maximum atomic E-state index is 12.3. The van der Waals surface area contributed by atoms with Crippen molar-refractivity contribution in [3.05, 3.63) is 23.2 Å². The number of piperidine rings is 1. The van der Waals surface area contributed by atoms with E-state index >= 15 is 0 Å². The Kier molecular flexibility index (Phi) is 7.04. The smallest absolute Gasteiger partial charge is 0.317 e. The molecule has 0 aliphatic carbocycles. The lowest BCUT2D eigenvalue weighted by Crippen LogP contribution is -2.46. The van der Waals surface area contributed by atoms with E-state index in [1.807, 2.05) is 11.9 Å². The molecule has 0 atom stereocenters. The molecule has 1 aliphatic rings. The summed E-state index contributed by atoms with van der Waals surface area (Å²) < 4.78 is 5.22. The number of anilines is 1. The van der Waals surface area contributed by atoms with E-state index in [9.17, 15) is 9.59 Å². The van der Waals surface area contributed by atoms with E-state index in [1.165, 1.54) is 7.11 Å². The number of nitrogens with one attached hydrogen (secondary N) is 1. The molecule has 2 N–H and O–H groups in total. The minimum atomic E-state index is -0.820. The molecule has 0 bridgehead atoms. The highest BCUT2D eigenvalue weighted by Crippen LogP contribution is 2.27. The molecule has 7 nitrogen and oxygen atoms in total. The lowest BCUT2D eigenvalue weighted by atomic mass is 10.0. The Morgan fingerprint density at radius 1 is 1.40 bits per heavy atom. The van der Waals surface area contributed by atoms with Crippen LogP contribution < -0.4 is 10.1 Å². The number of ether oxygens (including phenoxy) is 1. The van der Waals surface area contributed by atoms with Gasteiger partial charge in [0, 0.05) is 24.2 Å². The van der Waals surface area contributed by atoms with Crippen molar-refractivity contribution in [2.45, 2.75) is 18.9 Å². The van der Waals surface area contributed by atoms with Gasteiger partial charge in [0.1, 0.15) is 5.75 Å². The standard InChI is InChI=1S/C17H24ClN3O4/c1-20(11-17(23)24)13-5-7-21(8-6-13)10-16(22)19-14-9-12(18)3-4-15(14)25-2/h3-4,9,13H,5-8,10-11H2,1-2H3,(H,19,22)(H,23,24). The molecule has 8 heteroatoms. The van der Waals surface area contributed by atoms with Crippen LogP contribution in [0.25, 0.3) is 0 Å². The van der Waals surface area contributed by atoms with Crippen molar-refractivity contribution in [1.82, 2.24) is 9.80 Å². The predicted octanol–water partition coefficient (Wildman–Crippen LogP) is 1.77. The number of rotatable bonds is 7. The van der Waals surface area contributed by atoms with E-state index in [0.29, 0.717) is 16.5 Å². The second kappa shape index (κ2) is 9.03. The van der Waals surface area contributed by atoms with Gasteiger partial charge in [-0.2, -0.15) is 0 Å². The lowest BCUT2D eigenvalue weighted by molar-refractivity contribution is -0.138. The third-order valence-electron chi connectivity index (χ3n) is 4.37. The number of halogens is 1. The van der Waals surface area contributed by atoms with Crippen LogP contribution in [0.3, 0.4) is 0 Å². The van der Waals surface area contributed by atoms with Gasteiger partial charge in [-0.3, -0.25) is 19.4 Å². The Hall–Kier alpha value is -1.83. The van der Waals surface area contributed by atoms with Gasteiger partial charge >= 0.3 is 5.97 Å². The maximum absolute atomic E-state index is 12.3. The quantitative estimate of drug-likeness (QED) is 0.762. The third kappa shape index (κ3) is 5.88. The van der Waals surface area contributed by atoms with Crippen LogP contribution >= 0.6 is 11.6 Å². The van der Waals surface area contributed by atoms with Crippen molar-refractivity contribution < 1.29 is 19.4 Å². The fraction of sp³-hybridized carbons (Fsp3) is 0.529. The van der Waals surface area contributed by atoms with Crippen LogP contribution in [0.15, 0.2) is 18.2 Å². The number of methoxy groups -OCH3 is 1. The topological polar surface area (TPSA) is 82.1 Å². The summed E-state index contributed by atoms with van der Waals surface area (Å²) in [6.45, 7) is 1.84. The first-order valence-electron chi connectivity index (χ1n) is 8.17. The van der Waals surface area contributed by atoms with E-state index in [4.69, 9.17) is 21.4 Å². The van der Waals surface area contributed by atoms with Gasteiger partial charge < -0.3 is 15.2 Å². The molecule has 1 amide bonds. The molecule has 0 aromatic heterocycles. The number of carbonyl (C=O) groups excluding carboxylic acids is 1. The molecule has 0 unspecified atom stereocenters. The van der Waals surface area contributed by atoms with Crippen LogP contribution in [0.5, 0.6) is 5.75 Å². The predicted molar refractivity (Wildman–Crippen MR) is 96.4 cm³/mol. The minimum absolute atomic E-state index is 0.0414. The van der Waals surface area contributed by atoms with Crippen molar-refractivity contribution in [3.63, 3.8) is 0 Å². The summed E-state index contributed by atoms with van der Waals surface area (Å²) in [6.07, 6.45) is 1.69.